The first-order chi connectivity index (χ1) is 13.0. The summed E-state index contributed by atoms with van der Waals surface area (Å²) in [5, 5.41) is 1.16. The Bertz CT molecular complexity index is 972. The molecule has 0 amide bonds. The molecule has 0 saturated heterocycles. The number of methoxy groups -OCH3 is 1. The molecular weight excluding hydrogens is 414 g/mol. The van der Waals surface area contributed by atoms with Crippen molar-refractivity contribution in [1.29, 1.82) is 0 Å². The van der Waals surface area contributed by atoms with Crippen LogP contribution < -0.4 is 4.74 Å². The van der Waals surface area contributed by atoms with Gasteiger partial charge in [-0.15, -0.1) is 0 Å². The number of nitrogens with one attached hydrogen (secondary N) is 1. The molecule has 27 heavy (non-hydrogen) atoms. The number of nitrogens with zero attached hydrogens (tertiary/aromatic N) is 1. The normalized spacial score (nSPS) is 20.2. The number of rotatable bonds is 4. The van der Waals surface area contributed by atoms with Crippen LogP contribution >= 0.6 is 15.9 Å². The van der Waals surface area contributed by atoms with Crippen LogP contribution in [0.2, 0.25) is 0 Å². The fraction of sp³-hybridized carbons (Fsp3) is 0.333. The summed E-state index contributed by atoms with van der Waals surface area (Å²) in [6, 6.07) is 13.6. The van der Waals surface area contributed by atoms with Gasteiger partial charge in [-0.05, 0) is 37.1 Å². The molecule has 3 nitrogen and oxygen atoms in total. The van der Waals surface area contributed by atoms with Crippen LogP contribution in [0.5, 0.6) is 5.75 Å². The van der Waals surface area contributed by atoms with E-state index in [0.29, 0.717) is 5.75 Å². The van der Waals surface area contributed by atoms with Crippen LogP contribution in [-0.4, -0.2) is 36.0 Å². The van der Waals surface area contributed by atoms with Gasteiger partial charge in [-0.3, -0.25) is 4.90 Å². The first kappa shape index (κ1) is 18.4. The van der Waals surface area contributed by atoms with Gasteiger partial charge in [0.1, 0.15) is 5.75 Å². The van der Waals surface area contributed by atoms with Gasteiger partial charge >= 0.3 is 0 Å². The third-order valence-corrected chi connectivity index (χ3v) is 5.85. The molecule has 142 valence electrons. The zero-order chi connectivity index (χ0) is 19.1. The first-order valence-electron chi connectivity index (χ1n) is 8.96. The van der Waals surface area contributed by atoms with Gasteiger partial charge in [-0.1, -0.05) is 40.2 Å². The number of H-pyrrole nitrogens is 1. The van der Waals surface area contributed by atoms with E-state index in [2.05, 4.69) is 27.0 Å². The molecule has 0 saturated carbocycles. The smallest absolute Gasteiger partial charge is 0.251 e. The van der Waals surface area contributed by atoms with Gasteiger partial charge in [-0.2, -0.15) is 0 Å². The van der Waals surface area contributed by atoms with E-state index in [1.807, 2.05) is 48.2 Å². The summed E-state index contributed by atoms with van der Waals surface area (Å²) in [6.45, 7) is 1.74. The maximum Gasteiger partial charge on any atom is 0.251 e. The van der Waals surface area contributed by atoms with E-state index in [0.717, 1.165) is 33.1 Å². The van der Waals surface area contributed by atoms with E-state index in [1.54, 1.807) is 7.11 Å². The van der Waals surface area contributed by atoms with Gasteiger partial charge in [0, 0.05) is 32.7 Å². The first-order valence-corrected chi connectivity index (χ1v) is 9.75. The topological polar surface area (TPSA) is 28.3 Å². The molecule has 0 fully saturated rings. The summed E-state index contributed by atoms with van der Waals surface area (Å²) in [7, 11) is 1.61. The third kappa shape index (κ3) is 3.25. The fourth-order valence-electron chi connectivity index (χ4n) is 4.20. The molecule has 0 bridgehead atoms. The Hall–Kier alpha value is -1.92. The summed E-state index contributed by atoms with van der Waals surface area (Å²) >= 11 is 3.47. The molecule has 2 aromatic carbocycles. The Morgan fingerprint density at radius 3 is 2.78 bits per heavy atom. The standard InChI is InChI=1S/C21H21BrF2N2O/c1-12-9-16-14-5-3-4-6-17(14)25-20(16)21(26(12)11-19(23)24)15-8-7-13(22)10-18(15)27-2/h3-8,10,12,19,21,25H,9,11H2,1-2H3. The molecule has 4 rings (SSSR count). The van der Waals surface area contributed by atoms with Crippen molar-refractivity contribution in [3.8, 4) is 5.75 Å². The number of benzene rings is 2. The number of halogens is 3. The van der Waals surface area contributed by atoms with Gasteiger partial charge in [-0.25, -0.2) is 8.78 Å². The molecule has 1 aliphatic rings. The Kier molecular flexibility index (Phi) is 4.95. The van der Waals surface area contributed by atoms with E-state index >= 15 is 0 Å². The van der Waals surface area contributed by atoms with Crippen molar-refractivity contribution < 1.29 is 13.5 Å². The second-order valence-electron chi connectivity index (χ2n) is 6.99. The number of para-hydroxylation sites is 1. The largest absolute Gasteiger partial charge is 0.496 e. The highest BCUT2D eigenvalue weighted by Crippen LogP contribution is 2.44. The highest BCUT2D eigenvalue weighted by Gasteiger charge is 2.38. The predicted octanol–water partition coefficient (Wildman–Crippen LogP) is 5.54. The van der Waals surface area contributed by atoms with Crippen LogP contribution in [0.15, 0.2) is 46.9 Å². The summed E-state index contributed by atoms with van der Waals surface area (Å²) in [5.74, 6) is 0.687. The van der Waals surface area contributed by atoms with E-state index in [-0.39, 0.29) is 18.6 Å². The van der Waals surface area contributed by atoms with Crippen LogP contribution in [0.3, 0.4) is 0 Å². The van der Waals surface area contributed by atoms with Crippen LogP contribution in [0, 0.1) is 0 Å². The second-order valence-corrected chi connectivity index (χ2v) is 7.91. The Morgan fingerprint density at radius 1 is 1.26 bits per heavy atom. The van der Waals surface area contributed by atoms with Gasteiger partial charge in [0.2, 0.25) is 0 Å². The molecule has 3 aromatic rings. The quantitative estimate of drug-likeness (QED) is 0.583. The maximum atomic E-state index is 13.4. The van der Waals surface area contributed by atoms with Crippen LogP contribution in [0.4, 0.5) is 8.78 Å². The summed E-state index contributed by atoms with van der Waals surface area (Å²) in [5.41, 5.74) is 4.12. The zero-order valence-corrected chi connectivity index (χ0v) is 16.8. The second kappa shape index (κ2) is 7.24. The molecule has 1 aliphatic heterocycles. The summed E-state index contributed by atoms with van der Waals surface area (Å²) in [6.07, 6.45) is -1.66. The van der Waals surface area contributed by atoms with Crippen molar-refractivity contribution in [3.63, 3.8) is 0 Å². The Morgan fingerprint density at radius 2 is 2.04 bits per heavy atom. The number of hydrogen-bond acceptors (Lipinski definition) is 2. The monoisotopic (exact) mass is 434 g/mol. The lowest BCUT2D eigenvalue weighted by Crippen LogP contribution is -2.45. The average Bonchev–Trinajstić information content (AvgIpc) is 3.00. The van der Waals surface area contributed by atoms with Crippen LogP contribution in [0.1, 0.15) is 29.8 Å². The van der Waals surface area contributed by atoms with E-state index < -0.39 is 6.43 Å². The SMILES string of the molecule is COc1cc(Br)ccc1C1c2[nH]c3ccccc3c2CC(C)N1CC(F)F. The Balaban J connectivity index is 1.94. The summed E-state index contributed by atoms with van der Waals surface area (Å²) in [4.78, 5) is 5.38. The van der Waals surface area contributed by atoms with E-state index in [4.69, 9.17) is 4.74 Å². The lowest BCUT2D eigenvalue weighted by atomic mass is 9.88. The number of fused-ring (bicyclic) bond motifs is 3. The molecule has 1 aromatic heterocycles. The van der Waals surface area contributed by atoms with Crippen LogP contribution in [-0.2, 0) is 6.42 Å². The molecular formula is C21H21BrF2N2O. The fourth-order valence-corrected chi connectivity index (χ4v) is 4.54. The maximum absolute atomic E-state index is 13.4. The summed E-state index contributed by atoms with van der Waals surface area (Å²) < 4.78 is 33.3. The highest BCUT2D eigenvalue weighted by molar-refractivity contribution is 9.10. The van der Waals surface area contributed by atoms with Crippen molar-refractivity contribution in [2.45, 2.75) is 31.9 Å². The zero-order valence-electron chi connectivity index (χ0n) is 15.2. The van der Waals surface area contributed by atoms with Gasteiger partial charge < -0.3 is 9.72 Å². The molecule has 2 atom stereocenters. The molecule has 2 unspecified atom stereocenters. The lowest BCUT2D eigenvalue weighted by molar-refractivity contribution is 0.0450. The number of ether oxygens (including phenoxy) is 1. The van der Waals surface area contributed by atoms with Crippen molar-refractivity contribution in [3.05, 3.63) is 63.8 Å². The molecule has 0 spiro atoms. The molecule has 0 radical (unpaired) electrons. The van der Waals surface area contributed by atoms with E-state index in [9.17, 15) is 8.78 Å². The van der Waals surface area contributed by atoms with Crippen LogP contribution in [0.25, 0.3) is 10.9 Å². The number of hydrogen-bond donors (Lipinski definition) is 1. The predicted molar refractivity (Wildman–Crippen MR) is 107 cm³/mol. The van der Waals surface area contributed by atoms with Gasteiger partial charge in [0.05, 0.1) is 19.7 Å². The minimum Gasteiger partial charge on any atom is -0.496 e. The number of aromatic nitrogens is 1. The Labute approximate surface area is 165 Å². The molecule has 1 N–H and O–H groups in total. The van der Waals surface area contributed by atoms with Crippen molar-refractivity contribution in [2.24, 2.45) is 0 Å². The minimum absolute atomic E-state index is 0.0101. The molecule has 6 heteroatoms. The number of alkyl halides is 2. The minimum atomic E-state index is -2.40. The highest BCUT2D eigenvalue weighted by atomic mass is 79.9. The average molecular weight is 435 g/mol. The van der Waals surface area contributed by atoms with Gasteiger partial charge in [0.15, 0.2) is 0 Å². The molecule has 2 heterocycles. The lowest BCUT2D eigenvalue weighted by Gasteiger charge is -2.41. The molecule has 0 aliphatic carbocycles. The number of aromatic amines is 1. The van der Waals surface area contributed by atoms with Gasteiger partial charge in [0.25, 0.3) is 6.43 Å². The van der Waals surface area contributed by atoms with E-state index in [1.165, 1.54) is 5.56 Å². The third-order valence-electron chi connectivity index (χ3n) is 5.36. The van der Waals surface area contributed by atoms with Crippen molar-refractivity contribution >= 4 is 26.8 Å². The van der Waals surface area contributed by atoms with Crippen molar-refractivity contribution in [2.75, 3.05) is 13.7 Å². The van der Waals surface area contributed by atoms with Crippen molar-refractivity contribution in [1.82, 2.24) is 9.88 Å².